The molecule has 8 heteroatoms. The van der Waals surface area contributed by atoms with Crippen LogP contribution in [0.4, 0.5) is 24.5 Å². The molecule has 0 spiro atoms. The minimum atomic E-state index is -4.55. The molecule has 0 aromatic heterocycles. The lowest BCUT2D eigenvalue weighted by Gasteiger charge is -2.20. The van der Waals surface area contributed by atoms with E-state index in [0.29, 0.717) is 0 Å². The molecule has 1 heterocycles. The summed E-state index contributed by atoms with van der Waals surface area (Å²) in [5.74, 6) is -1.43. The Labute approximate surface area is 165 Å². The van der Waals surface area contributed by atoms with E-state index < -0.39 is 23.6 Å². The zero-order chi connectivity index (χ0) is 20.6. The van der Waals surface area contributed by atoms with Crippen LogP contribution in [0.1, 0.15) is 23.1 Å². The van der Waals surface area contributed by atoms with Crippen LogP contribution in [0.3, 0.4) is 0 Å². The van der Waals surface area contributed by atoms with E-state index in [4.69, 9.17) is 11.6 Å². The first kappa shape index (κ1) is 20.2. The minimum absolute atomic E-state index is 0.00272. The number of nitrogens with zero attached hydrogens (tertiary/aromatic N) is 1. The lowest BCUT2D eigenvalue weighted by Crippen LogP contribution is -2.28. The maximum Gasteiger partial charge on any atom is 0.416 e. The van der Waals surface area contributed by atoms with Gasteiger partial charge in [0.15, 0.2) is 0 Å². The average Bonchev–Trinajstić information content (AvgIpc) is 3.00. The van der Waals surface area contributed by atoms with Crippen LogP contribution in [-0.4, -0.2) is 18.4 Å². The van der Waals surface area contributed by atoms with Crippen molar-refractivity contribution in [1.29, 1.82) is 0 Å². The number of benzene rings is 2. The Morgan fingerprint density at radius 1 is 1.21 bits per heavy atom. The van der Waals surface area contributed by atoms with E-state index in [2.05, 4.69) is 5.32 Å². The molecule has 0 radical (unpaired) electrons. The molecule has 1 saturated heterocycles. The zero-order valence-electron chi connectivity index (χ0n) is 15.2. The number of rotatable bonds is 3. The van der Waals surface area contributed by atoms with Crippen LogP contribution < -0.4 is 10.2 Å². The number of nitrogens with one attached hydrogen (secondary N) is 1. The van der Waals surface area contributed by atoms with Crippen molar-refractivity contribution in [2.45, 2.75) is 26.4 Å². The third-order valence-electron chi connectivity index (χ3n) is 4.91. The SMILES string of the molecule is Cc1cccc(N2C[C@@H](C(=O)Nc3cc(C(F)(F)F)ccc3Cl)CC2=O)c1C. The fourth-order valence-electron chi connectivity index (χ4n) is 3.18. The molecule has 2 amide bonds. The number of carbonyl (C=O) groups excluding carboxylic acids is 2. The van der Waals surface area contributed by atoms with Crippen molar-refractivity contribution < 1.29 is 22.8 Å². The molecule has 2 aromatic carbocycles. The summed E-state index contributed by atoms with van der Waals surface area (Å²) < 4.78 is 38.7. The third-order valence-corrected chi connectivity index (χ3v) is 5.24. The Kier molecular flexibility index (Phi) is 5.39. The second-order valence-corrected chi connectivity index (χ2v) is 7.21. The van der Waals surface area contributed by atoms with Crippen LogP contribution in [-0.2, 0) is 15.8 Å². The maximum atomic E-state index is 12.9. The highest BCUT2D eigenvalue weighted by atomic mass is 35.5. The summed E-state index contributed by atoms with van der Waals surface area (Å²) in [5, 5.41) is 2.43. The van der Waals surface area contributed by atoms with Gasteiger partial charge in [-0.15, -0.1) is 0 Å². The van der Waals surface area contributed by atoms with Gasteiger partial charge in [0, 0.05) is 18.7 Å². The van der Waals surface area contributed by atoms with E-state index in [1.54, 1.807) is 4.90 Å². The van der Waals surface area contributed by atoms with Crippen LogP contribution in [0, 0.1) is 19.8 Å². The second-order valence-electron chi connectivity index (χ2n) is 6.81. The molecule has 1 atom stereocenters. The number of alkyl halides is 3. The largest absolute Gasteiger partial charge is 0.416 e. The predicted octanol–water partition coefficient (Wildman–Crippen LogP) is 4.97. The minimum Gasteiger partial charge on any atom is -0.324 e. The van der Waals surface area contributed by atoms with Crippen LogP contribution in [0.25, 0.3) is 0 Å². The van der Waals surface area contributed by atoms with E-state index in [9.17, 15) is 22.8 Å². The Balaban J connectivity index is 1.78. The lowest BCUT2D eigenvalue weighted by molar-refractivity contribution is -0.137. The van der Waals surface area contributed by atoms with Crippen LogP contribution in [0.15, 0.2) is 36.4 Å². The normalized spacial score (nSPS) is 17.1. The highest BCUT2D eigenvalue weighted by Gasteiger charge is 2.36. The molecule has 1 fully saturated rings. The van der Waals surface area contributed by atoms with Crippen molar-refractivity contribution in [1.82, 2.24) is 0 Å². The summed E-state index contributed by atoms with van der Waals surface area (Å²) in [6, 6.07) is 8.30. The molecule has 28 heavy (non-hydrogen) atoms. The summed E-state index contributed by atoms with van der Waals surface area (Å²) >= 11 is 5.93. The van der Waals surface area contributed by atoms with Gasteiger partial charge in [0.05, 0.1) is 22.2 Å². The van der Waals surface area contributed by atoms with Gasteiger partial charge >= 0.3 is 6.18 Å². The number of amides is 2. The standard InChI is InChI=1S/C20H18ClF3N2O2/c1-11-4-3-5-17(12(11)2)26-10-13(8-18(26)27)19(28)25-16-9-14(20(22,23)24)6-7-15(16)21/h3-7,9,13H,8,10H2,1-2H3,(H,25,28)/t13-/m0/s1. The van der Waals surface area contributed by atoms with Crippen molar-refractivity contribution >= 4 is 34.8 Å². The molecular formula is C20H18ClF3N2O2. The highest BCUT2D eigenvalue weighted by molar-refractivity contribution is 6.33. The fraction of sp³-hybridized carbons (Fsp3) is 0.300. The van der Waals surface area contributed by atoms with E-state index in [-0.39, 0.29) is 29.6 Å². The Hall–Kier alpha value is -2.54. The van der Waals surface area contributed by atoms with Crippen molar-refractivity contribution in [2.24, 2.45) is 5.92 Å². The van der Waals surface area contributed by atoms with Gasteiger partial charge in [0.1, 0.15) is 0 Å². The number of halogens is 4. The fourth-order valence-corrected chi connectivity index (χ4v) is 3.34. The molecule has 148 valence electrons. The number of hydrogen-bond donors (Lipinski definition) is 1. The summed E-state index contributed by atoms with van der Waals surface area (Å²) in [4.78, 5) is 26.5. The molecular weight excluding hydrogens is 393 g/mol. The van der Waals surface area contributed by atoms with E-state index >= 15 is 0 Å². The van der Waals surface area contributed by atoms with E-state index in [0.717, 1.165) is 35.0 Å². The first-order valence-electron chi connectivity index (χ1n) is 8.62. The van der Waals surface area contributed by atoms with Gasteiger partial charge in [0.2, 0.25) is 11.8 Å². The predicted molar refractivity (Wildman–Crippen MR) is 101 cm³/mol. The van der Waals surface area contributed by atoms with Crippen LogP contribution >= 0.6 is 11.6 Å². The summed E-state index contributed by atoms with van der Waals surface area (Å²) in [6.07, 6.45) is -4.57. The number of anilines is 2. The van der Waals surface area contributed by atoms with Gasteiger partial charge in [-0.05, 0) is 49.2 Å². The molecule has 1 aliphatic rings. The van der Waals surface area contributed by atoms with Crippen molar-refractivity contribution in [2.75, 3.05) is 16.8 Å². The Bertz CT molecular complexity index is 944. The van der Waals surface area contributed by atoms with Gasteiger partial charge in [-0.2, -0.15) is 13.2 Å². The number of hydrogen-bond acceptors (Lipinski definition) is 2. The highest BCUT2D eigenvalue weighted by Crippen LogP contribution is 2.35. The van der Waals surface area contributed by atoms with Gasteiger partial charge in [-0.3, -0.25) is 9.59 Å². The number of aryl methyl sites for hydroxylation is 1. The Morgan fingerprint density at radius 3 is 2.61 bits per heavy atom. The quantitative estimate of drug-likeness (QED) is 0.776. The topological polar surface area (TPSA) is 49.4 Å². The average molecular weight is 411 g/mol. The van der Waals surface area contributed by atoms with Gasteiger partial charge in [0.25, 0.3) is 0 Å². The molecule has 3 rings (SSSR count). The molecule has 1 N–H and O–H groups in total. The van der Waals surface area contributed by atoms with Gasteiger partial charge < -0.3 is 10.2 Å². The lowest BCUT2D eigenvalue weighted by atomic mass is 10.1. The van der Waals surface area contributed by atoms with E-state index in [1.165, 1.54) is 0 Å². The Morgan fingerprint density at radius 2 is 1.93 bits per heavy atom. The van der Waals surface area contributed by atoms with Crippen molar-refractivity contribution in [3.63, 3.8) is 0 Å². The smallest absolute Gasteiger partial charge is 0.324 e. The summed E-state index contributed by atoms with van der Waals surface area (Å²) in [5.41, 5.74) is 1.66. The molecule has 4 nitrogen and oxygen atoms in total. The summed E-state index contributed by atoms with van der Waals surface area (Å²) in [7, 11) is 0. The van der Waals surface area contributed by atoms with E-state index in [1.807, 2.05) is 32.0 Å². The molecule has 0 aliphatic carbocycles. The monoisotopic (exact) mass is 410 g/mol. The van der Waals surface area contributed by atoms with Crippen molar-refractivity contribution in [3.05, 3.63) is 58.1 Å². The maximum absolute atomic E-state index is 12.9. The van der Waals surface area contributed by atoms with Gasteiger partial charge in [-0.25, -0.2) is 0 Å². The molecule has 0 saturated carbocycles. The number of carbonyl (C=O) groups is 2. The second kappa shape index (κ2) is 7.47. The first-order valence-corrected chi connectivity index (χ1v) is 9.00. The van der Waals surface area contributed by atoms with Crippen LogP contribution in [0.2, 0.25) is 5.02 Å². The third kappa shape index (κ3) is 3.99. The van der Waals surface area contributed by atoms with Gasteiger partial charge in [-0.1, -0.05) is 23.7 Å². The zero-order valence-corrected chi connectivity index (χ0v) is 16.0. The molecule has 2 aromatic rings. The molecule has 0 unspecified atom stereocenters. The molecule has 1 aliphatic heterocycles. The first-order chi connectivity index (χ1) is 13.1. The van der Waals surface area contributed by atoms with Crippen molar-refractivity contribution in [3.8, 4) is 0 Å². The van der Waals surface area contributed by atoms with Crippen LogP contribution in [0.5, 0.6) is 0 Å². The molecule has 0 bridgehead atoms. The summed E-state index contributed by atoms with van der Waals surface area (Å²) in [6.45, 7) is 3.98.